The Balaban J connectivity index is 2.65. The van der Waals surface area contributed by atoms with Crippen molar-refractivity contribution in [1.82, 2.24) is 0 Å². The molecule has 0 atom stereocenters. The first-order valence-electron chi connectivity index (χ1n) is 5.29. The van der Waals surface area contributed by atoms with Crippen molar-refractivity contribution in [3.8, 4) is 0 Å². The van der Waals surface area contributed by atoms with Gasteiger partial charge in [-0.15, -0.1) is 0 Å². The van der Waals surface area contributed by atoms with E-state index >= 15 is 0 Å². The molecule has 0 amide bonds. The second kappa shape index (κ2) is 5.16. The molecule has 0 N–H and O–H groups in total. The highest BCUT2D eigenvalue weighted by molar-refractivity contribution is 14.1. The fraction of sp³-hybridized carbons (Fsp3) is 0. The molecule has 0 spiro atoms. The summed E-state index contributed by atoms with van der Waals surface area (Å²) in [6.45, 7) is 0. The molecule has 19 heavy (non-hydrogen) atoms. The summed E-state index contributed by atoms with van der Waals surface area (Å²) in [6, 6.07) is 10.7. The Hall–Kier alpha value is -1.03. The van der Waals surface area contributed by atoms with E-state index in [1.54, 1.807) is 18.2 Å². The second-order valence-corrected chi connectivity index (χ2v) is 6.01. The summed E-state index contributed by atoms with van der Waals surface area (Å²) in [7, 11) is 0. The van der Waals surface area contributed by atoms with Gasteiger partial charge in [0.2, 0.25) is 0 Å². The number of halogens is 2. The molecule has 0 radical (unpaired) electrons. The summed E-state index contributed by atoms with van der Waals surface area (Å²) in [5.74, 6) is -0.767. The smallest absolute Gasteiger partial charge is 0.448 e. The zero-order valence-corrected chi connectivity index (χ0v) is 13.7. The summed E-state index contributed by atoms with van der Waals surface area (Å²) < 4.78 is 17.8. The first-order chi connectivity index (χ1) is 9.15. The zero-order valence-electron chi connectivity index (χ0n) is 9.35. The fourth-order valence-electron chi connectivity index (χ4n) is 1.63. The van der Waals surface area contributed by atoms with Gasteiger partial charge in [-0.2, -0.15) is 0 Å². The largest absolute Gasteiger partial charge is 0.519 e. The Bertz CT molecular complexity index is 871. The lowest BCUT2D eigenvalue weighted by atomic mass is 10.3. The third-order valence-corrected chi connectivity index (χ3v) is 4.15. The summed E-state index contributed by atoms with van der Waals surface area (Å²) in [4.78, 5) is 11.7. The summed E-state index contributed by atoms with van der Waals surface area (Å²) in [6.07, 6.45) is 0. The molecule has 1 heterocycles. The van der Waals surface area contributed by atoms with Crippen molar-refractivity contribution >= 4 is 67.5 Å². The molecule has 0 unspecified atom stereocenters. The van der Waals surface area contributed by atoms with Crippen molar-refractivity contribution in [1.29, 1.82) is 0 Å². The van der Waals surface area contributed by atoms with Crippen LogP contribution in [0.1, 0.15) is 0 Å². The van der Waals surface area contributed by atoms with Gasteiger partial charge >= 0.3 is 5.82 Å². The summed E-state index contributed by atoms with van der Waals surface area (Å²) >= 11 is 4.22. The normalized spacial score (nSPS) is 10.8. The Morgan fingerprint density at radius 3 is 1.89 bits per heavy atom. The van der Waals surface area contributed by atoms with E-state index in [1.807, 2.05) is 18.2 Å². The highest BCUT2D eigenvalue weighted by Crippen LogP contribution is 2.25. The van der Waals surface area contributed by atoms with Crippen LogP contribution in [0.3, 0.4) is 0 Å². The maximum atomic E-state index is 11.7. The van der Waals surface area contributed by atoms with Gasteiger partial charge in [0, 0.05) is 0 Å². The molecule has 2 aromatic carbocycles. The maximum Gasteiger partial charge on any atom is 0.519 e. The summed E-state index contributed by atoms with van der Waals surface area (Å²) in [5.41, 5.74) is 1.73. The molecule has 3 aromatic rings. The van der Waals surface area contributed by atoms with Crippen LogP contribution in [-0.4, -0.2) is 0 Å². The average molecular weight is 480 g/mol. The standard InChI is InChI=1S/C13H6I2O4/c14-7-5-6-8(15)12-11(7)17-9-3-1-2-4-10(9)18-13(16)19-12/h1-6H. The molecule has 96 valence electrons. The van der Waals surface area contributed by atoms with Gasteiger partial charge in [-0.25, -0.2) is 4.79 Å². The second-order valence-electron chi connectivity index (χ2n) is 3.69. The first-order valence-corrected chi connectivity index (χ1v) is 7.45. The molecular weight excluding hydrogens is 474 g/mol. The van der Waals surface area contributed by atoms with Crippen LogP contribution in [0.2, 0.25) is 0 Å². The van der Waals surface area contributed by atoms with Gasteiger partial charge in [-0.3, -0.25) is 0 Å². The molecule has 1 aromatic heterocycles. The van der Waals surface area contributed by atoms with Crippen LogP contribution < -0.4 is 5.82 Å². The predicted molar refractivity (Wildman–Crippen MR) is 87.6 cm³/mol. The molecule has 4 nitrogen and oxygen atoms in total. The van der Waals surface area contributed by atoms with Crippen molar-refractivity contribution in [2.24, 2.45) is 0 Å². The van der Waals surface area contributed by atoms with Gasteiger partial charge < -0.3 is 13.3 Å². The third-order valence-electron chi connectivity index (χ3n) is 2.46. The number of para-hydroxylation sites is 2. The van der Waals surface area contributed by atoms with Crippen molar-refractivity contribution in [2.45, 2.75) is 0 Å². The van der Waals surface area contributed by atoms with E-state index < -0.39 is 5.82 Å². The van der Waals surface area contributed by atoms with Crippen molar-refractivity contribution in [3.63, 3.8) is 0 Å². The molecule has 3 rings (SSSR count). The van der Waals surface area contributed by atoms with E-state index in [1.165, 1.54) is 0 Å². The Labute approximate surface area is 134 Å². The minimum absolute atomic E-state index is 0.341. The van der Waals surface area contributed by atoms with Crippen molar-refractivity contribution < 1.29 is 13.3 Å². The Kier molecular flexibility index (Phi) is 3.52. The van der Waals surface area contributed by atoms with E-state index in [4.69, 9.17) is 13.3 Å². The monoisotopic (exact) mass is 480 g/mol. The van der Waals surface area contributed by atoms with Crippen LogP contribution in [-0.2, 0) is 0 Å². The fourth-order valence-corrected chi connectivity index (χ4v) is 2.70. The Morgan fingerprint density at radius 2 is 1.26 bits per heavy atom. The van der Waals surface area contributed by atoms with Gasteiger partial charge in [0.15, 0.2) is 22.3 Å². The minimum Gasteiger partial charge on any atom is -0.448 e. The average Bonchev–Trinajstić information content (AvgIpc) is 2.37. The topological polar surface area (TPSA) is 56.5 Å². The zero-order chi connectivity index (χ0) is 13.4. The number of rotatable bonds is 0. The lowest BCUT2D eigenvalue weighted by Gasteiger charge is -2.00. The van der Waals surface area contributed by atoms with Crippen LogP contribution in [0, 0.1) is 7.14 Å². The third kappa shape index (κ3) is 2.50. The quantitative estimate of drug-likeness (QED) is 0.446. The molecule has 0 fully saturated rings. The molecule has 0 saturated heterocycles. The maximum absolute atomic E-state index is 11.7. The number of fused-ring (bicyclic) bond motifs is 2. The van der Waals surface area contributed by atoms with E-state index in [2.05, 4.69) is 45.2 Å². The highest BCUT2D eigenvalue weighted by Gasteiger charge is 2.08. The van der Waals surface area contributed by atoms with Crippen LogP contribution in [0.15, 0.2) is 54.4 Å². The van der Waals surface area contributed by atoms with E-state index in [9.17, 15) is 4.79 Å². The lowest BCUT2D eigenvalue weighted by molar-refractivity contribution is 0.367. The molecule has 6 heteroatoms. The van der Waals surface area contributed by atoms with Crippen molar-refractivity contribution in [3.05, 3.63) is 54.2 Å². The van der Waals surface area contributed by atoms with Gasteiger partial charge in [0.1, 0.15) is 0 Å². The van der Waals surface area contributed by atoms with E-state index in [0.717, 1.165) is 7.14 Å². The predicted octanol–water partition coefficient (Wildman–Crippen LogP) is 4.47. The molecule has 0 aliphatic rings. The first kappa shape index (κ1) is 13.0. The molecule has 0 aliphatic heterocycles. The molecule has 0 saturated carbocycles. The van der Waals surface area contributed by atoms with Crippen molar-refractivity contribution in [2.75, 3.05) is 0 Å². The molecular formula is C13H6I2O4. The van der Waals surface area contributed by atoms with Gasteiger partial charge in [0.25, 0.3) is 0 Å². The van der Waals surface area contributed by atoms with Gasteiger partial charge in [0.05, 0.1) is 7.14 Å². The van der Waals surface area contributed by atoms with Crippen LogP contribution in [0.5, 0.6) is 0 Å². The number of hydrogen-bond acceptors (Lipinski definition) is 4. The molecule has 0 bridgehead atoms. The molecule has 0 aliphatic carbocycles. The van der Waals surface area contributed by atoms with Crippen LogP contribution in [0.25, 0.3) is 22.3 Å². The van der Waals surface area contributed by atoms with Crippen LogP contribution >= 0.6 is 45.2 Å². The number of hydrogen-bond donors (Lipinski definition) is 0. The SMILES string of the molecule is O=c1oc2ccccc2oc2c(I)ccc(I)c2o1. The van der Waals surface area contributed by atoms with Gasteiger partial charge in [-0.1, -0.05) is 12.1 Å². The Morgan fingerprint density at radius 1 is 0.737 bits per heavy atom. The minimum atomic E-state index is -0.767. The van der Waals surface area contributed by atoms with Crippen LogP contribution in [0.4, 0.5) is 0 Å². The van der Waals surface area contributed by atoms with E-state index in [0.29, 0.717) is 22.3 Å². The highest BCUT2D eigenvalue weighted by atomic mass is 127. The van der Waals surface area contributed by atoms with Gasteiger partial charge in [-0.05, 0) is 69.4 Å². The number of benzene rings is 2. The van der Waals surface area contributed by atoms with E-state index in [-0.39, 0.29) is 0 Å². The summed E-state index contributed by atoms with van der Waals surface area (Å²) in [5, 5.41) is 0. The lowest BCUT2D eigenvalue weighted by Crippen LogP contribution is -1.95.